The zero-order valence-corrected chi connectivity index (χ0v) is 12.3. The van der Waals surface area contributed by atoms with Crippen molar-refractivity contribution in [3.05, 3.63) is 29.3 Å². The summed E-state index contributed by atoms with van der Waals surface area (Å²) in [5.41, 5.74) is 1.08. The summed E-state index contributed by atoms with van der Waals surface area (Å²) in [6.45, 7) is 1.78. The van der Waals surface area contributed by atoms with Crippen molar-refractivity contribution in [3.8, 4) is 5.75 Å². The van der Waals surface area contributed by atoms with Crippen molar-refractivity contribution >= 4 is 36.0 Å². The van der Waals surface area contributed by atoms with Crippen LogP contribution in [0.3, 0.4) is 0 Å². The highest BCUT2D eigenvalue weighted by Gasteiger charge is 2.32. The molecule has 0 aromatic heterocycles. The molecule has 0 spiro atoms. The number of rotatable bonds is 3. The second kappa shape index (κ2) is 5.75. The Hall–Kier alpha value is -1.34. The average Bonchev–Trinajstić information content (AvgIpc) is 2.67. The molecule has 1 atom stereocenters. The monoisotopic (exact) mass is 299 g/mol. The van der Waals surface area contributed by atoms with Crippen LogP contribution in [0, 0.1) is 0 Å². The normalized spacial score (nSPS) is 16.8. The first-order valence-electron chi connectivity index (χ1n) is 5.52. The average molecular weight is 299 g/mol. The van der Waals surface area contributed by atoms with Crippen LogP contribution in [0.15, 0.2) is 18.2 Å². The van der Waals surface area contributed by atoms with Crippen LogP contribution >= 0.6 is 23.9 Å². The molecule has 19 heavy (non-hydrogen) atoms. The zero-order chi connectivity index (χ0) is 14.0. The van der Waals surface area contributed by atoms with E-state index in [0.29, 0.717) is 5.56 Å². The van der Waals surface area contributed by atoms with Crippen LogP contribution in [0.1, 0.15) is 28.9 Å². The van der Waals surface area contributed by atoms with E-state index >= 15 is 0 Å². The van der Waals surface area contributed by atoms with E-state index in [1.165, 1.54) is 27.6 Å². The van der Waals surface area contributed by atoms with Gasteiger partial charge in [-0.2, -0.15) is 3.71 Å². The van der Waals surface area contributed by atoms with Crippen LogP contribution < -0.4 is 4.74 Å². The number of hydrogen-bond acceptors (Lipinski definition) is 6. The van der Waals surface area contributed by atoms with Gasteiger partial charge in [0.15, 0.2) is 0 Å². The third-order valence-electron chi connectivity index (χ3n) is 2.66. The summed E-state index contributed by atoms with van der Waals surface area (Å²) in [6, 6.07) is 5.13. The summed E-state index contributed by atoms with van der Waals surface area (Å²) in [5.74, 6) is -0.212. The first-order valence-corrected chi connectivity index (χ1v) is 7.88. The summed E-state index contributed by atoms with van der Waals surface area (Å²) in [6.07, 6.45) is 2.70. The summed E-state index contributed by atoms with van der Waals surface area (Å²) >= 11 is 2.47. The fraction of sp³-hybridized carbons (Fsp3) is 0.333. The number of carbonyl (C=O) groups is 2. The van der Waals surface area contributed by atoms with Crippen molar-refractivity contribution in [2.75, 3.05) is 12.5 Å². The molecule has 1 aromatic rings. The molecule has 0 bridgehead atoms. The Morgan fingerprint density at radius 1 is 1.37 bits per heavy atom. The van der Waals surface area contributed by atoms with Crippen LogP contribution in [0.2, 0.25) is 0 Å². The van der Waals surface area contributed by atoms with Gasteiger partial charge in [-0.3, -0.25) is 0 Å². The Morgan fingerprint density at radius 2 is 2.05 bits per heavy atom. The number of benzene rings is 1. The Morgan fingerprint density at radius 3 is 2.68 bits per heavy atom. The minimum absolute atomic E-state index is 0.241. The summed E-state index contributed by atoms with van der Waals surface area (Å²) in [7, 11) is 0. The molecular weight excluding hydrogens is 286 g/mol. The van der Waals surface area contributed by atoms with Crippen LogP contribution in [-0.2, 0) is 4.74 Å². The molecule has 0 N–H and O–H groups in total. The minimum Gasteiger partial charge on any atom is -0.454 e. The van der Waals surface area contributed by atoms with Gasteiger partial charge in [0.05, 0.1) is 0 Å². The van der Waals surface area contributed by atoms with Gasteiger partial charge in [-0.1, -0.05) is 12.1 Å². The Kier molecular flexibility index (Phi) is 4.26. The fourth-order valence-corrected chi connectivity index (χ4v) is 2.80. The van der Waals surface area contributed by atoms with Gasteiger partial charge in [0.1, 0.15) is 17.4 Å². The standard InChI is InChI=1S/C12H13NO4S2/c1-7-8-5-4-6-9(10(8)11(14)16-7)17-12(15)13(18-2)19-3/h4-7H,1-3H3. The predicted octanol–water partition coefficient (Wildman–Crippen LogP) is 3.27. The maximum absolute atomic E-state index is 11.9. The molecule has 0 saturated carbocycles. The van der Waals surface area contributed by atoms with Gasteiger partial charge in [0.2, 0.25) is 0 Å². The smallest absolute Gasteiger partial charge is 0.435 e. The number of nitrogens with zero attached hydrogens (tertiary/aromatic N) is 1. The van der Waals surface area contributed by atoms with Crippen molar-refractivity contribution in [3.63, 3.8) is 0 Å². The van der Waals surface area contributed by atoms with Gasteiger partial charge < -0.3 is 9.47 Å². The van der Waals surface area contributed by atoms with Gasteiger partial charge in [0, 0.05) is 18.1 Å². The molecule has 0 fully saturated rings. The highest BCUT2D eigenvalue weighted by atomic mass is 32.2. The summed E-state index contributed by atoms with van der Waals surface area (Å²) < 4.78 is 11.8. The molecule has 1 aliphatic rings. The molecule has 102 valence electrons. The number of hydrogen-bond donors (Lipinski definition) is 0. The van der Waals surface area contributed by atoms with E-state index < -0.39 is 12.1 Å². The van der Waals surface area contributed by atoms with Crippen molar-refractivity contribution in [1.29, 1.82) is 0 Å². The quantitative estimate of drug-likeness (QED) is 0.630. The number of amides is 1. The fourth-order valence-electron chi connectivity index (χ4n) is 1.83. The first-order chi connectivity index (χ1) is 9.08. The largest absolute Gasteiger partial charge is 0.454 e. The lowest BCUT2D eigenvalue weighted by Gasteiger charge is -2.15. The van der Waals surface area contributed by atoms with Gasteiger partial charge in [-0.25, -0.2) is 9.59 Å². The molecule has 0 aliphatic carbocycles. The van der Waals surface area contributed by atoms with Crippen LogP contribution in [-0.4, -0.2) is 28.3 Å². The van der Waals surface area contributed by atoms with E-state index in [2.05, 4.69) is 0 Å². The molecule has 5 nitrogen and oxygen atoms in total. The van der Waals surface area contributed by atoms with E-state index in [1.54, 1.807) is 37.6 Å². The van der Waals surface area contributed by atoms with E-state index in [4.69, 9.17) is 9.47 Å². The molecule has 1 amide bonds. The first kappa shape index (κ1) is 14.1. The van der Waals surface area contributed by atoms with E-state index in [1.807, 2.05) is 0 Å². The highest BCUT2D eigenvalue weighted by molar-refractivity contribution is 8.12. The second-order valence-corrected chi connectivity index (χ2v) is 5.45. The molecule has 1 aromatic carbocycles. The van der Waals surface area contributed by atoms with Gasteiger partial charge in [-0.15, -0.1) is 0 Å². The lowest BCUT2D eigenvalue weighted by molar-refractivity contribution is 0.0420. The topological polar surface area (TPSA) is 55.8 Å². The van der Waals surface area contributed by atoms with Gasteiger partial charge in [-0.05, 0) is 36.9 Å². The van der Waals surface area contributed by atoms with Crippen LogP contribution in [0.4, 0.5) is 4.79 Å². The van der Waals surface area contributed by atoms with Crippen molar-refractivity contribution < 1.29 is 19.1 Å². The number of fused-ring (bicyclic) bond motifs is 1. The molecule has 1 aliphatic heterocycles. The van der Waals surface area contributed by atoms with Gasteiger partial charge in [0.25, 0.3) is 0 Å². The third-order valence-corrected chi connectivity index (χ3v) is 4.52. The molecule has 1 unspecified atom stereocenters. The highest BCUT2D eigenvalue weighted by Crippen LogP contribution is 2.36. The Bertz CT molecular complexity index is 516. The lowest BCUT2D eigenvalue weighted by Crippen LogP contribution is -2.21. The Balaban J connectivity index is 2.28. The molecule has 2 rings (SSSR count). The SMILES string of the molecule is CSN(SC)C(=O)Oc1cccc2c1C(=O)OC2C. The third kappa shape index (κ3) is 2.66. The molecular formula is C12H13NO4S2. The molecule has 1 heterocycles. The van der Waals surface area contributed by atoms with Crippen molar-refractivity contribution in [1.82, 2.24) is 3.71 Å². The van der Waals surface area contributed by atoms with E-state index in [-0.39, 0.29) is 11.9 Å². The summed E-state index contributed by atoms with van der Waals surface area (Å²) in [4.78, 5) is 23.6. The molecule has 7 heteroatoms. The van der Waals surface area contributed by atoms with E-state index in [9.17, 15) is 9.59 Å². The van der Waals surface area contributed by atoms with Crippen LogP contribution in [0.25, 0.3) is 0 Å². The van der Waals surface area contributed by atoms with Crippen molar-refractivity contribution in [2.45, 2.75) is 13.0 Å². The zero-order valence-electron chi connectivity index (χ0n) is 10.7. The number of esters is 1. The van der Waals surface area contributed by atoms with Crippen molar-refractivity contribution in [2.24, 2.45) is 0 Å². The lowest BCUT2D eigenvalue weighted by atomic mass is 10.1. The predicted molar refractivity (Wildman–Crippen MR) is 75.2 cm³/mol. The summed E-state index contributed by atoms with van der Waals surface area (Å²) in [5, 5.41) is 0. The van der Waals surface area contributed by atoms with Gasteiger partial charge >= 0.3 is 12.1 Å². The number of carbonyl (C=O) groups excluding carboxylic acids is 2. The number of cyclic esters (lactones) is 1. The maximum Gasteiger partial charge on any atom is 0.435 e. The maximum atomic E-state index is 11.9. The number of ether oxygens (including phenoxy) is 2. The molecule has 0 saturated heterocycles. The van der Waals surface area contributed by atoms with Crippen LogP contribution in [0.5, 0.6) is 5.75 Å². The second-order valence-electron chi connectivity index (χ2n) is 3.76. The van der Waals surface area contributed by atoms with E-state index in [0.717, 1.165) is 5.56 Å². The molecule has 0 radical (unpaired) electrons. The Labute approximate surface area is 119 Å². The minimum atomic E-state index is -0.527.